The fourth-order valence-corrected chi connectivity index (χ4v) is 2.90. The molecule has 1 heterocycles. The third-order valence-electron chi connectivity index (χ3n) is 4.63. The van der Waals surface area contributed by atoms with Gasteiger partial charge in [-0.15, -0.1) is 0 Å². The smallest absolute Gasteiger partial charge is 0.276 e. The van der Waals surface area contributed by atoms with Crippen molar-refractivity contribution in [3.8, 4) is 0 Å². The van der Waals surface area contributed by atoms with E-state index in [1.54, 1.807) is 7.05 Å². The molecule has 6 nitrogen and oxygen atoms in total. The second-order valence-electron chi connectivity index (χ2n) is 7.08. The van der Waals surface area contributed by atoms with Crippen molar-refractivity contribution in [2.45, 2.75) is 27.7 Å². The lowest BCUT2D eigenvalue weighted by atomic mass is 10.1. The van der Waals surface area contributed by atoms with Gasteiger partial charge in [0.2, 0.25) is 0 Å². The van der Waals surface area contributed by atoms with E-state index in [0.29, 0.717) is 5.69 Å². The Labute approximate surface area is 164 Å². The lowest BCUT2D eigenvalue weighted by Crippen LogP contribution is -2.16. The normalized spacial score (nSPS) is 10.6. The molecule has 6 heteroatoms. The highest BCUT2D eigenvalue weighted by atomic mass is 16.2. The monoisotopic (exact) mass is 376 g/mol. The van der Waals surface area contributed by atoms with Gasteiger partial charge < -0.3 is 10.6 Å². The zero-order chi connectivity index (χ0) is 20.4. The number of nitrogens with one attached hydrogen (secondary N) is 2. The van der Waals surface area contributed by atoms with Crippen LogP contribution in [0.1, 0.15) is 43.2 Å². The van der Waals surface area contributed by atoms with Gasteiger partial charge in [0.25, 0.3) is 11.8 Å². The first-order valence-corrected chi connectivity index (χ1v) is 9.06. The summed E-state index contributed by atoms with van der Waals surface area (Å²) in [5.41, 5.74) is 6.01. The second kappa shape index (κ2) is 7.68. The zero-order valence-corrected chi connectivity index (χ0v) is 16.8. The van der Waals surface area contributed by atoms with Gasteiger partial charge in [0.1, 0.15) is 5.69 Å². The predicted molar refractivity (Wildman–Crippen MR) is 111 cm³/mol. The maximum absolute atomic E-state index is 12.7. The molecule has 0 aliphatic rings. The Morgan fingerprint density at radius 3 is 1.82 bits per heavy atom. The first kappa shape index (κ1) is 19.4. The number of carbonyl (C=O) groups excluding carboxylic acids is 2. The highest BCUT2D eigenvalue weighted by molar-refractivity contribution is 6.07. The SMILES string of the molecule is Cc1ccc(C)c(NC(=O)c2cc(C(=O)Nc3cc(C)ccc3C)n(C)n2)c1. The largest absolute Gasteiger partial charge is 0.320 e. The quantitative estimate of drug-likeness (QED) is 0.718. The Bertz CT molecular complexity index is 1070. The Kier molecular flexibility index (Phi) is 5.31. The molecule has 0 radical (unpaired) electrons. The minimum atomic E-state index is -0.352. The number of hydrogen-bond acceptors (Lipinski definition) is 3. The molecule has 0 aliphatic carbocycles. The van der Waals surface area contributed by atoms with Gasteiger partial charge in [-0.2, -0.15) is 5.10 Å². The first-order chi connectivity index (χ1) is 13.2. The van der Waals surface area contributed by atoms with Crippen molar-refractivity contribution in [3.05, 3.63) is 76.1 Å². The summed E-state index contributed by atoms with van der Waals surface area (Å²) in [6, 6.07) is 13.2. The molecule has 0 saturated heterocycles. The topological polar surface area (TPSA) is 76.0 Å². The van der Waals surface area contributed by atoms with Crippen molar-refractivity contribution in [1.29, 1.82) is 0 Å². The van der Waals surface area contributed by atoms with Crippen molar-refractivity contribution >= 4 is 23.2 Å². The number of amides is 2. The van der Waals surface area contributed by atoms with Gasteiger partial charge in [0, 0.05) is 24.5 Å². The highest BCUT2D eigenvalue weighted by Crippen LogP contribution is 2.19. The first-order valence-electron chi connectivity index (χ1n) is 9.06. The summed E-state index contributed by atoms with van der Waals surface area (Å²) in [5, 5.41) is 9.97. The van der Waals surface area contributed by atoms with E-state index in [1.807, 2.05) is 64.1 Å². The number of nitrogens with zero attached hydrogens (tertiary/aromatic N) is 2. The molecule has 0 saturated carbocycles. The summed E-state index contributed by atoms with van der Waals surface area (Å²) in [5.74, 6) is -0.662. The van der Waals surface area contributed by atoms with Crippen molar-refractivity contribution < 1.29 is 9.59 Å². The van der Waals surface area contributed by atoms with Gasteiger partial charge in [-0.25, -0.2) is 0 Å². The Balaban J connectivity index is 1.80. The zero-order valence-electron chi connectivity index (χ0n) is 16.8. The minimum absolute atomic E-state index is 0.189. The molecule has 1 aromatic heterocycles. The molecule has 28 heavy (non-hydrogen) atoms. The Hall–Kier alpha value is -3.41. The molecule has 0 bridgehead atoms. The van der Waals surface area contributed by atoms with E-state index in [1.165, 1.54) is 10.7 Å². The summed E-state index contributed by atoms with van der Waals surface area (Å²) in [4.78, 5) is 25.3. The lowest BCUT2D eigenvalue weighted by Gasteiger charge is -2.09. The molecule has 0 spiro atoms. The van der Waals surface area contributed by atoms with Gasteiger partial charge in [0.15, 0.2) is 5.69 Å². The van der Waals surface area contributed by atoms with Crippen LogP contribution in [0.5, 0.6) is 0 Å². The van der Waals surface area contributed by atoms with Crippen molar-refractivity contribution in [3.63, 3.8) is 0 Å². The van der Waals surface area contributed by atoms with Gasteiger partial charge in [0.05, 0.1) is 0 Å². The molecule has 3 aromatic rings. The highest BCUT2D eigenvalue weighted by Gasteiger charge is 2.19. The molecule has 0 unspecified atom stereocenters. The average Bonchev–Trinajstić information content (AvgIpc) is 3.03. The molecular formula is C22H24N4O2. The van der Waals surface area contributed by atoms with Crippen LogP contribution in [-0.2, 0) is 7.05 Å². The number of hydrogen-bond donors (Lipinski definition) is 2. The molecule has 2 N–H and O–H groups in total. The molecular weight excluding hydrogens is 352 g/mol. The van der Waals surface area contributed by atoms with Gasteiger partial charge in [-0.3, -0.25) is 14.3 Å². The van der Waals surface area contributed by atoms with E-state index >= 15 is 0 Å². The lowest BCUT2D eigenvalue weighted by molar-refractivity contribution is 0.101. The molecule has 2 aromatic carbocycles. The molecule has 144 valence electrons. The maximum Gasteiger partial charge on any atom is 0.276 e. The number of aromatic nitrogens is 2. The van der Waals surface area contributed by atoms with Crippen LogP contribution in [0.3, 0.4) is 0 Å². The number of aryl methyl sites for hydroxylation is 5. The third-order valence-corrected chi connectivity index (χ3v) is 4.63. The molecule has 0 atom stereocenters. The summed E-state index contributed by atoms with van der Waals surface area (Å²) in [6.45, 7) is 7.79. The average molecular weight is 376 g/mol. The van der Waals surface area contributed by atoms with E-state index in [9.17, 15) is 9.59 Å². The van der Waals surface area contributed by atoms with Crippen LogP contribution in [0.4, 0.5) is 11.4 Å². The molecule has 0 fully saturated rings. The second-order valence-corrected chi connectivity index (χ2v) is 7.08. The van der Waals surface area contributed by atoms with E-state index in [4.69, 9.17) is 0 Å². The standard InChI is InChI=1S/C22H24N4O2/c1-13-6-8-15(3)17(10-13)23-21(27)19-12-20(26(5)25-19)22(28)24-18-11-14(2)7-9-16(18)4/h6-12H,1-5H3,(H,23,27)(H,24,28). The summed E-state index contributed by atoms with van der Waals surface area (Å²) in [7, 11) is 1.65. The van der Waals surface area contributed by atoms with Gasteiger partial charge in [-0.1, -0.05) is 24.3 Å². The van der Waals surface area contributed by atoms with Crippen LogP contribution in [0, 0.1) is 27.7 Å². The fourth-order valence-electron chi connectivity index (χ4n) is 2.90. The molecule has 2 amide bonds. The maximum atomic E-state index is 12.7. The predicted octanol–water partition coefficient (Wildman–Crippen LogP) is 4.16. The van der Waals surface area contributed by atoms with Crippen LogP contribution >= 0.6 is 0 Å². The van der Waals surface area contributed by atoms with Gasteiger partial charge in [-0.05, 0) is 62.1 Å². The molecule has 0 aliphatic heterocycles. The number of carbonyl (C=O) groups is 2. The fraction of sp³-hybridized carbons (Fsp3) is 0.227. The summed E-state index contributed by atoms with van der Waals surface area (Å²) < 4.78 is 1.42. The minimum Gasteiger partial charge on any atom is -0.320 e. The third kappa shape index (κ3) is 4.11. The number of benzene rings is 2. The molecule has 3 rings (SSSR count). The van der Waals surface area contributed by atoms with Crippen LogP contribution < -0.4 is 10.6 Å². The number of anilines is 2. The van der Waals surface area contributed by atoms with Crippen LogP contribution in [0.2, 0.25) is 0 Å². The van der Waals surface area contributed by atoms with E-state index in [0.717, 1.165) is 33.6 Å². The van der Waals surface area contributed by atoms with E-state index in [-0.39, 0.29) is 17.5 Å². The van der Waals surface area contributed by atoms with E-state index in [2.05, 4.69) is 15.7 Å². The Morgan fingerprint density at radius 1 is 0.786 bits per heavy atom. The summed E-state index contributed by atoms with van der Waals surface area (Å²) in [6.07, 6.45) is 0. The summed E-state index contributed by atoms with van der Waals surface area (Å²) >= 11 is 0. The Morgan fingerprint density at radius 2 is 1.29 bits per heavy atom. The van der Waals surface area contributed by atoms with Crippen LogP contribution in [-0.4, -0.2) is 21.6 Å². The van der Waals surface area contributed by atoms with Crippen molar-refractivity contribution in [2.75, 3.05) is 10.6 Å². The van der Waals surface area contributed by atoms with E-state index < -0.39 is 0 Å². The van der Waals surface area contributed by atoms with Crippen molar-refractivity contribution in [2.24, 2.45) is 7.05 Å². The van der Waals surface area contributed by atoms with Gasteiger partial charge >= 0.3 is 0 Å². The van der Waals surface area contributed by atoms with Crippen LogP contribution in [0.25, 0.3) is 0 Å². The number of rotatable bonds is 4. The van der Waals surface area contributed by atoms with Crippen LogP contribution in [0.15, 0.2) is 42.5 Å². The van der Waals surface area contributed by atoms with Crippen molar-refractivity contribution in [1.82, 2.24) is 9.78 Å².